The minimum Gasteiger partial charge on any atom is -0.444 e. The van der Waals surface area contributed by atoms with E-state index in [1.807, 2.05) is 69.0 Å². The number of rotatable bonds is 5. The van der Waals surface area contributed by atoms with Crippen molar-refractivity contribution in [2.45, 2.75) is 58.6 Å². The number of hydrogen-bond acceptors (Lipinski definition) is 4. The lowest BCUT2D eigenvalue weighted by molar-refractivity contribution is -0.131. The average Bonchev–Trinajstić information content (AvgIpc) is 2.74. The van der Waals surface area contributed by atoms with Gasteiger partial charge in [-0.3, -0.25) is 14.9 Å². The van der Waals surface area contributed by atoms with E-state index in [0.29, 0.717) is 30.8 Å². The van der Waals surface area contributed by atoms with Gasteiger partial charge < -0.3 is 15.0 Å². The minimum atomic E-state index is -0.562. The molecule has 7 heteroatoms. The van der Waals surface area contributed by atoms with E-state index >= 15 is 0 Å². The Kier molecular flexibility index (Phi) is 7.74. The molecule has 2 aromatic carbocycles. The summed E-state index contributed by atoms with van der Waals surface area (Å²) in [5, 5.41) is 5.79. The van der Waals surface area contributed by atoms with Crippen molar-refractivity contribution in [2.24, 2.45) is 0 Å². The Morgan fingerprint density at radius 3 is 2.24 bits per heavy atom. The number of piperidine rings is 1. The highest BCUT2D eigenvalue weighted by atomic mass is 16.6. The van der Waals surface area contributed by atoms with Crippen molar-refractivity contribution in [1.29, 1.82) is 0 Å². The SMILES string of the molecule is Cc1ccccc1C(=O)NC1CCN(C(=O)Cc2ccc(NC(=O)OC(C)(C)C)cc2)CC1. The van der Waals surface area contributed by atoms with E-state index in [1.165, 1.54) is 0 Å². The number of ether oxygens (including phenoxy) is 1. The minimum absolute atomic E-state index is 0.0574. The summed E-state index contributed by atoms with van der Waals surface area (Å²) in [6, 6.07) is 14.8. The molecule has 0 bridgehead atoms. The summed E-state index contributed by atoms with van der Waals surface area (Å²) in [5.41, 5.74) is 2.58. The molecular weight excluding hydrogens is 418 g/mol. The third kappa shape index (κ3) is 7.34. The first-order valence-electron chi connectivity index (χ1n) is 11.3. The van der Waals surface area contributed by atoms with Gasteiger partial charge in [-0.2, -0.15) is 0 Å². The van der Waals surface area contributed by atoms with Gasteiger partial charge in [0.15, 0.2) is 0 Å². The van der Waals surface area contributed by atoms with Gasteiger partial charge in [0, 0.05) is 30.4 Å². The molecule has 3 amide bonds. The quantitative estimate of drug-likeness (QED) is 0.709. The lowest BCUT2D eigenvalue weighted by Crippen LogP contribution is -2.47. The molecule has 1 aliphatic heterocycles. The van der Waals surface area contributed by atoms with Gasteiger partial charge in [-0.05, 0) is 69.9 Å². The molecule has 0 aliphatic carbocycles. The smallest absolute Gasteiger partial charge is 0.412 e. The van der Waals surface area contributed by atoms with Crippen LogP contribution in [-0.2, 0) is 16.0 Å². The molecule has 33 heavy (non-hydrogen) atoms. The Labute approximate surface area is 195 Å². The predicted molar refractivity (Wildman–Crippen MR) is 128 cm³/mol. The van der Waals surface area contributed by atoms with Gasteiger partial charge in [0.1, 0.15) is 5.60 Å². The molecule has 0 saturated carbocycles. The van der Waals surface area contributed by atoms with E-state index in [1.54, 1.807) is 12.1 Å². The third-order valence-electron chi connectivity index (χ3n) is 5.53. The second kappa shape index (κ2) is 10.5. The molecule has 0 spiro atoms. The third-order valence-corrected chi connectivity index (χ3v) is 5.53. The van der Waals surface area contributed by atoms with Crippen molar-refractivity contribution >= 4 is 23.6 Å². The van der Waals surface area contributed by atoms with E-state index in [4.69, 9.17) is 4.74 Å². The van der Waals surface area contributed by atoms with Gasteiger partial charge in [0.2, 0.25) is 5.91 Å². The summed E-state index contributed by atoms with van der Waals surface area (Å²) in [6.45, 7) is 8.59. The first kappa shape index (κ1) is 24.3. The van der Waals surface area contributed by atoms with Crippen LogP contribution in [0.2, 0.25) is 0 Å². The van der Waals surface area contributed by atoms with Crippen LogP contribution in [0.3, 0.4) is 0 Å². The van der Waals surface area contributed by atoms with Crippen molar-refractivity contribution in [3.63, 3.8) is 0 Å². The lowest BCUT2D eigenvalue weighted by atomic mass is 10.0. The molecule has 1 saturated heterocycles. The summed E-state index contributed by atoms with van der Waals surface area (Å²) >= 11 is 0. The van der Waals surface area contributed by atoms with Crippen molar-refractivity contribution < 1.29 is 19.1 Å². The van der Waals surface area contributed by atoms with Crippen molar-refractivity contribution in [3.8, 4) is 0 Å². The number of nitrogens with zero attached hydrogens (tertiary/aromatic N) is 1. The zero-order valence-corrected chi connectivity index (χ0v) is 19.8. The van der Waals surface area contributed by atoms with Crippen LogP contribution in [0.25, 0.3) is 0 Å². The number of hydrogen-bond donors (Lipinski definition) is 2. The number of nitrogens with one attached hydrogen (secondary N) is 2. The second-order valence-corrected chi connectivity index (χ2v) is 9.44. The largest absolute Gasteiger partial charge is 0.444 e. The Morgan fingerprint density at radius 1 is 1.00 bits per heavy atom. The Hall–Kier alpha value is -3.35. The van der Waals surface area contributed by atoms with Gasteiger partial charge in [0.05, 0.1) is 6.42 Å². The number of likely N-dealkylation sites (tertiary alicyclic amines) is 1. The number of carbonyl (C=O) groups is 3. The van der Waals surface area contributed by atoms with Gasteiger partial charge in [0.25, 0.3) is 5.91 Å². The average molecular weight is 452 g/mol. The number of benzene rings is 2. The van der Waals surface area contributed by atoms with Crippen LogP contribution in [-0.4, -0.2) is 47.5 Å². The van der Waals surface area contributed by atoms with Crippen LogP contribution in [0.15, 0.2) is 48.5 Å². The molecule has 0 unspecified atom stereocenters. The Bertz CT molecular complexity index is 987. The van der Waals surface area contributed by atoms with E-state index in [-0.39, 0.29) is 17.9 Å². The Balaban J connectivity index is 1.45. The van der Waals surface area contributed by atoms with Gasteiger partial charge in [-0.25, -0.2) is 4.79 Å². The molecule has 0 aromatic heterocycles. The summed E-state index contributed by atoms with van der Waals surface area (Å²) in [7, 11) is 0. The van der Waals surface area contributed by atoms with Crippen LogP contribution in [0.1, 0.15) is 55.1 Å². The molecule has 2 N–H and O–H groups in total. The molecule has 176 valence electrons. The zero-order chi connectivity index (χ0) is 24.0. The molecule has 0 radical (unpaired) electrons. The summed E-state index contributed by atoms with van der Waals surface area (Å²) in [6.07, 6.45) is 1.26. The highest BCUT2D eigenvalue weighted by molar-refractivity contribution is 5.95. The molecule has 0 atom stereocenters. The normalized spacial score (nSPS) is 14.5. The van der Waals surface area contributed by atoms with Crippen molar-refractivity contribution in [1.82, 2.24) is 10.2 Å². The second-order valence-electron chi connectivity index (χ2n) is 9.44. The fourth-order valence-corrected chi connectivity index (χ4v) is 3.78. The van der Waals surface area contributed by atoms with E-state index in [0.717, 1.165) is 24.0 Å². The fourth-order valence-electron chi connectivity index (χ4n) is 3.78. The summed E-state index contributed by atoms with van der Waals surface area (Å²) < 4.78 is 5.24. The van der Waals surface area contributed by atoms with Crippen LogP contribution in [0.4, 0.5) is 10.5 Å². The molecule has 7 nitrogen and oxygen atoms in total. The maximum absolute atomic E-state index is 12.7. The molecule has 2 aromatic rings. The molecule has 1 heterocycles. The van der Waals surface area contributed by atoms with Gasteiger partial charge in [-0.15, -0.1) is 0 Å². The topological polar surface area (TPSA) is 87.7 Å². The van der Waals surface area contributed by atoms with Crippen LogP contribution in [0, 0.1) is 6.92 Å². The number of anilines is 1. The van der Waals surface area contributed by atoms with Crippen LogP contribution >= 0.6 is 0 Å². The van der Waals surface area contributed by atoms with Crippen LogP contribution in [0.5, 0.6) is 0 Å². The lowest BCUT2D eigenvalue weighted by Gasteiger charge is -2.32. The number of amides is 3. The first-order valence-corrected chi connectivity index (χ1v) is 11.3. The zero-order valence-electron chi connectivity index (χ0n) is 19.8. The van der Waals surface area contributed by atoms with Gasteiger partial charge in [-0.1, -0.05) is 30.3 Å². The van der Waals surface area contributed by atoms with Gasteiger partial charge >= 0.3 is 6.09 Å². The predicted octanol–water partition coefficient (Wildman–Crippen LogP) is 4.31. The highest BCUT2D eigenvalue weighted by Crippen LogP contribution is 2.17. The fraction of sp³-hybridized carbons (Fsp3) is 0.423. The number of carbonyl (C=O) groups excluding carboxylic acids is 3. The first-order chi connectivity index (χ1) is 15.6. The van der Waals surface area contributed by atoms with E-state index in [9.17, 15) is 14.4 Å². The number of aryl methyl sites for hydroxylation is 1. The monoisotopic (exact) mass is 451 g/mol. The Morgan fingerprint density at radius 2 is 1.64 bits per heavy atom. The van der Waals surface area contributed by atoms with Crippen molar-refractivity contribution in [2.75, 3.05) is 18.4 Å². The summed E-state index contributed by atoms with van der Waals surface area (Å²) in [5.74, 6) is 0.00416. The van der Waals surface area contributed by atoms with E-state index in [2.05, 4.69) is 10.6 Å². The molecule has 3 rings (SSSR count). The highest BCUT2D eigenvalue weighted by Gasteiger charge is 2.24. The van der Waals surface area contributed by atoms with Crippen molar-refractivity contribution in [3.05, 3.63) is 65.2 Å². The molecule has 1 aliphatic rings. The maximum Gasteiger partial charge on any atom is 0.412 e. The van der Waals surface area contributed by atoms with E-state index < -0.39 is 11.7 Å². The maximum atomic E-state index is 12.7. The standard InChI is InChI=1S/C26H33N3O4/c1-18-7-5-6-8-22(18)24(31)27-21-13-15-29(16-14-21)23(30)17-19-9-11-20(12-10-19)28-25(32)33-26(2,3)4/h5-12,21H,13-17H2,1-4H3,(H,27,31)(H,28,32). The molecular formula is C26H33N3O4. The van der Waals surface area contributed by atoms with Crippen LogP contribution < -0.4 is 10.6 Å². The summed E-state index contributed by atoms with van der Waals surface area (Å²) in [4.78, 5) is 39.0. The molecule has 1 fully saturated rings.